The number of para-hydroxylation sites is 1. The number of nitrogens with one attached hydrogen (secondary N) is 1. The summed E-state index contributed by atoms with van der Waals surface area (Å²) >= 11 is 0. The number of nitro groups is 1. The Balaban J connectivity index is 1.98. The summed E-state index contributed by atoms with van der Waals surface area (Å²) in [6.45, 7) is 0.303. The van der Waals surface area contributed by atoms with E-state index < -0.39 is 26.3 Å². The Morgan fingerprint density at radius 3 is 2.76 bits per heavy atom. The molecule has 0 spiro atoms. The van der Waals surface area contributed by atoms with Crippen LogP contribution in [0.25, 0.3) is 0 Å². The minimum atomic E-state index is -3.78. The van der Waals surface area contributed by atoms with E-state index in [-0.39, 0.29) is 16.7 Å². The lowest BCUT2D eigenvalue weighted by Gasteiger charge is -2.27. The van der Waals surface area contributed by atoms with Gasteiger partial charge in [0, 0.05) is 30.0 Å². The molecule has 1 heterocycles. The number of hydrogen-bond donors (Lipinski definition) is 1. The third-order valence-electron chi connectivity index (χ3n) is 3.92. The largest absolute Gasteiger partial charge is 0.490 e. The molecule has 0 fully saturated rings. The van der Waals surface area contributed by atoms with E-state index in [1.165, 1.54) is 18.2 Å². The van der Waals surface area contributed by atoms with E-state index >= 15 is 0 Å². The van der Waals surface area contributed by atoms with Crippen LogP contribution in [0.4, 0.5) is 15.8 Å². The zero-order chi connectivity index (χ0) is 18.2. The van der Waals surface area contributed by atoms with Crippen LogP contribution in [0.5, 0.6) is 5.75 Å². The summed E-state index contributed by atoms with van der Waals surface area (Å²) in [5.74, 6) is -0.305. The van der Waals surface area contributed by atoms with Gasteiger partial charge in [-0.25, -0.2) is 12.8 Å². The molecule has 0 unspecified atom stereocenters. The average Bonchev–Trinajstić information content (AvgIpc) is 2.55. The predicted octanol–water partition coefficient (Wildman–Crippen LogP) is 3.07. The normalized spacial score (nSPS) is 16.6. The Kier molecular flexibility index (Phi) is 4.34. The second-order valence-corrected chi connectivity index (χ2v) is 7.69. The Hall–Kier alpha value is -2.68. The highest BCUT2D eigenvalue weighted by Gasteiger charge is 2.26. The molecule has 0 radical (unpaired) electrons. The molecule has 0 aromatic heterocycles. The van der Waals surface area contributed by atoms with Crippen LogP contribution < -0.4 is 10.1 Å². The maximum atomic E-state index is 13.8. The van der Waals surface area contributed by atoms with Gasteiger partial charge in [0.1, 0.15) is 4.90 Å². The third kappa shape index (κ3) is 3.41. The van der Waals surface area contributed by atoms with Crippen LogP contribution >= 0.6 is 0 Å². The summed E-state index contributed by atoms with van der Waals surface area (Å²) < 4.78 is 42.9. The molecule has 0 saturated carbocycles. The average molecular weight is 366 g/mol. The highest BCUT2D eigenvalue weighted by molar-refractivity contribution is 7.90. The van der Waals surface area contributed by atoms with E-state index in [1.807, 2.05) is 0 Å². The lowest BCUT2D eigenvalue weighted by Crippen LogP contribution is -2.21. The van der Waals surface area contributed by atoms with Crippen LogP contribution in [0, 0.1) is 15.9 Å². The molecule has 0 amide bonds. The van der Waals surface area contributed by atoms with Gasteiger partial charge in [-0.3, -0.25) is 10.1 Å². The first-order chi connectivity index (χ1) is 11.8. The number of nitro benzene ring substituents is 1. The zero-order valence-electron chi connectivity index (χ0n) is 13.2. The van der Waals surface area contributed by atoms with Gasteiger partial charge in [0.2, 0.25) is 0 Å². The zero-order valence-corrected chi connectivity index (χ0v) is 14.0. The highest BCUT2D eigenvalue weighted by Crippen LogP contribution is 2.37. The van der Waals surface area contributed by atoms with Gasteiger partial charge in [-0.2, -0.15) is 0 Å². The van der Waals surface area contributed by atoms with E-state index in [2.05, 4.69) is 5.32 Å². The number of anilines is 1. The number of benzene rings is 2. The molecule has 132 valence electrons. The molecule has 0 aliphatic carbocycles. The van der Waals surface area contributed by atoms with E-state index in [9.17, 15) is 22.9 Å². The van der Waals surface area contributed by atoms with E-state index in [0.29, 0.717) is 24.3 Å². The van der Waals surface area contributed by atoms with Crippen LogP contribution in [0.2, 0.25) is 0 Å². The molecule has 0 bridgehead atoms. The standard InChI is InChI=1S/C16H15FN2O5S/c1-25(22,23)15-9-10(5-6-14(15)19(20)21)18-13-7-8-24-16-11(13)3-2-4-12(16)17/h2-6,9,13,18H,7-8H2,1H3/t13-/m0/s1. The van der Waals surface area contributed by atoms with Crippen LogP contribution in [-0.2, 0) is 9.84 Å². The first kappa shape index (κ1) is 17.2. The molecule has 1 N–H and O–H groups in total. The van der Waals surface area contributed by atoms with Crippen molar-refractivity contribution in [3.8, 4) is 5.75 Å². The van der Waals surface area contributed by atoms with Crippen molar-refractivity contribution in [2.24, 2.45) is 0 Å². The van der Waals surface area contributed by atoms with Crippen molar-refractivity contribution in [3.05, 3.63) is 57.9 Å². The maximum Gasteiger partial charge on any atom is 0.288 e. The van der Waals surface area contributed by atoms with Gasteiger partial charge in [0.05, 0.1) is 17.6 Å². The lowest BCUT2D eigenvalue weighted by molar-refractivity contribution is -0.387. The lowest BCUT2D eigenvalue weighted by atomic mass is 10.00. The second-order valence-electron chi connectivity index (χ2n) is 5.70. The van der Waals surface area contributed by atoms with Crippen molar-refractivity contribution >= 4 is 21.2 Å². The molecule has 2 aromatic carbocycles. The number of rotatable bonds is 4. The summed E-state index contributed by atoms with van der Waals surface area (Å²) in [6.07, 6.45) is 1.46. The van der Waals surface area contributed by atoms with E-state index in [4.69, 9.17) is 4.74 Å². The van der Waals surface area contributed by atoms with E-state index in [0.717, 1.165) is 12.3 Å². The van der Waals surface area contributed by atoms with E-state index in [1.54, 1.807) is 12.1 Å². The van der Waals surface area contributed by atoms with Gasteiger partial charge < -0.3 is 10.1 Å². The number of fused-ring (bicyclic) bond motifs is 1. The van der Waals surface area contributed by atoms with Crippen LogP contribution in [0.3, 0.4) is 0 Å². The molecule has 3 rings (SSSR count). The van der Waals surface area contributed by atoms with Gasteiger partial charge >= 0.3 is 0 Å². The molecule has 0 saturated heterocycles. The summed E-state index contributed by atoms with van der Waals surface area (Å²) in [5, 5.41) is 14.1. The molecular weight excluding hydrogens is 351 g/mol. The Bertz CT molecular complexity index is 946. The summed E-state index contributed by atoms with van der Waals surface area (Å²) in [7, 11) is -3.78. The van der Waals surface area contributed by atoms with Crippen molar-refractivity contribution in [3.63, 3.8) is 0 Å². The minimum Gasteiger partial charge on any atom is -0.490 e. The molecule has 1 aliphatic heterocycles. The Morgan fingerprint density at radius 2 is 2.08 bits per heavy atom. The molecule has 9 heteroatoms. The third-order valence-corrected chi connectivity index (χ3v) is 5.05. The van der Waals surface area contributed by atoms with Crippen molar-refractivity contribution < 1.29 is 22.5 Å². The van der Waals surface area contributed by atoms with Gasteiger partial charge in [-0.1, -0.05) is 12.1 Å². The smallest absolute Gasteiger partial charge is 0.288 e. The Morgan fingerprint density at radius 1 is 1.32 bits per heavy atom. The van der Waals surface area contributed by atoms with Gasteiger partial charge in [-0.05, 0) is 18.2 Å². The van der Waals surface area contributed by atoms with Crippen molar-refractivity contribution in [2.45, 2.75) is 17.4 Å². The first-order valence-corrected chi connectivity index (χ1v) is 9.33. The number of nitrogens with zero attached hydrogens (tertiary/aromatic N) is 1. The molecule has 1 atom stereocenters. The maximum absolute atomic E-state index is 13.8. The quantitative estimate of drug-likeness (QED) is 0.659. The molecular formula is C16H15FN2O5S. The fraction of sp³-hybridized carbons (Fsp3) is 0.250. The van der Waals surface area contributed by atoms with Gasteiger partial charge in [-0.15, -0.1) is 0 Å². The predicted molar refractivity (Wildman–Crippen MR) is 89.1 cm³/mol. The van der Waals surface area contributed by atoms with Crippen LogP contribution in [0.1, 0.15) is 18.0 Å². The number of sulfone groups is 1. The molecule has 7 nitrogen and oxygen atoms in total. The summed E-state index contributed by atoms with van der Waals surface area (Å²) in [4.78, 5) is 9.93. The SMILES string of the molecule is CS(=O)(=O)c1cc(N[C@H]2CCOc3c(F)cccc32)ccc1[N+](=O)[O-]. The van der Waals surface area contributed by atoms with Crippen molar-refractivity contribution in [2.75, 3.05) is 18.2 Å². The summed E-state index contributed by atoms with van der Waals surface area (Å²) in [6, 6.07) is 8.09. The molecule has 1 aliphatic rings. The monoisotopic (exact) mass is 366 g/mol. The molecule has 25 heavy (non-hydrogen) atoms. The molecule has 2 aromatic rings. The second kappa shape index (κ2) is 6.32. The van der Waals surface area contributed by atoms with Gasteiger partial charge in [0.25, 0.3) is 5.69 Å². The fourth-order valence-corrected chi connectivity index (χ4v) is 3.65. The van der Waals surface area contributed by atoms with Crippen LogP contribution in [-0.4, -0.2) is 26.2 Å². The fourth-order valence-electron chi connectivity index (χ4n) is 2.79. The van der Waals surface area contributed by atoms with Crippen molar-refractivity contribution in [1.82, 2.24) is 0 Å². The topological polar surface area (TPSA) is 98.5 Å². The highest BCUT2D eigenvalue weighted by atomic mass is 32.2. The van der Waals surface area contributed by atoms with Crippen LogP contribution in [0.15, 0.2) is 41.3 Å². The number of halogens is 1. The Labute approximate surface area is 143 Å². The minimum absolute atomic E-state index is 0.163. The number of ether oxygens (including phenoxy) is 1. The van der Waals surface area contributed by atoms with Gasteiger partial charge in [0.15, 0.2) is 21.4 Å². The summed E-state index contributed by atoms with van der Waals surface area (Å²) in [5.41, 5.74) is 0.533. The van der Waals surface area contributed by atoms with Crippen molar-refractivity contribution in [1.29, 1.82) is 0 Å². The number of hydrogen-bond acceptors (Lipinski definition) is 6. The first-order valence-electron chi connectivity index (χ1n) is 7.43.